The van der Waals surface area contributed by atoms with Crippen LogP contribution >= 0.6 is 0 Å². The molecule has 0 saturated carbocycles. The molecule has 2 aliphatic heterocycles. The number of ketones is 1. The van der Waals surface area contributed by atoms with Crippen molar-refractivity contribution in [2.45, 2.75) is 13.0 Å². The van der Waals surface area contributed by atoms with Crippen molar-refractivity contribution >= 4 is 17.8 Å². The van der Waals surface area contributed by atoms with Crippen molar-refractivity contribution in [2.75, 3.05) is 48.3 Å². The second kappa shape index (κ2) is 9.15. The summed E-state index contributed by atoms with van der Waals surface area (Å²) in [4.78, 5) is 25.4. The molecule has 0 N–H and O–H groups in total. The smallest absolute Gasteiger partial charge is 0.361 e. The lowest BCUT2D eigenvalue weighted by Crippen LogP contribution is -2.51. The fraction of sp³-hybridized carbons (Fsp3) is 0.360. The summed E-state index contributed by atoms with van der Waals surface area (Å²) in [5.74, 6) is 1.71. The van der Waals surface area contributed by atoms with E-state index in [9.17, 15) is 9.59 Å². The van der Waals surface area contributed by atoms with Crippen LogP contribution in [0.25, 0.3) is 6.08 Å². The van der Waals surface area contributed by atoms with Crippen LogP contribution in [-0.4, -0.2) is 64.5 Å². The summed E-state index contributed by atoms with van der Waals surface area (Å²) in [6, 6.07) is 7.44. The summed E-state index contributed by atoms with van der Waals surface area (Å²) < 4.78 is 27.6. The maximum Gasteiger partial charge on any atom is 0.361 e. The molecule has 2 heterocycles. The topological polar surface area (TPSA) is 80.3 Å². The zero-order valence-electron chi connectivity index (χ0n) is 19.3. The first-order chi connectivity index (χ1) is 15.9. The van der Waals surface area contributed by atoms with Crippen LogP contribution in [-0.2, 0) is 22.5 Å². The minimum Gasteiger partial charge on any atom is -0.497 e. The van der Waals surface area contributed by atoms with Gasteiger partial charge in [-0.3, -0.25) is 4.79 Å². The molecule has 8 heteroatoms. The maximum atomic E-state index is 13.4. The third-order valence-corrected chi connectivity index (χ3v) is 6.16. The number of nitrogens with zero attached hydrogens (tertiary/aromatic N) is 1. The van der Waals surface area contributed by atoms with Crippen molar-refractivity contribution in [3.05, 3.63) is 52.6 Å². The second-order valence-electron chi connectivity index (χ2n) is 8.39. The van der Waals surface area contributed by atoms with Crippen molar-refractivity contribution in [1.82, 2.24) is 0 Å². The quantitative estimate of drug-likeness (QED) is 0.275. The van der Waals surface area contributed by atoms with Gasteiger partial charge in [0.05, 0.1) is 46.0 Å². The molecule has 0 aliphatic carbocycles. The number of hydrogen-bond donors (Lipinski definition) is 0. The number of esters is 1. The van der Waals surface area contributed by atoms with Crippen LogP contribution in [0.3, 0.4) is 0 Å². The number of rotatable bonds is 7. The highest BCUT2D eigenvalue weighted by Crippen LogP contribution is 2.50. The van der Waals surface area contributed by atoms with Crippen molar-refractivity contribution in [3.8, 4) is 23.0 Å². The molecule has 0 radical (unpaired) electrons. The zero-order valence-corrected chi connectivity index (χ0v) is 19.3. The van der Waals surface area contributed by atoms with Gasteiger partial charge in [-0.25, -0.2) is 4.79 Å². The van der Waals surface area contributed by atoms with Crippen LogP contribution in [0.15, 0.2) is 30.3 Å². The van der Waals surface area contributed by atoms with Crippen LogP contribution in [0.4, 0.5) is 0 Å². The molecule has 4 rings (SSSR count). The van der Waals surface area contributed by atoms with Gasteiger partial charge in [0.1, 0.15) is 12.3 Å². The van der Waals surface area contributed by atoms with Gasteiger partial charge >= 0.3 is 5.97 Å². The number of carbonyl (C=O) groups is 2. The molecule has 1 atom stereocenters. The SMILES string of the molecule is COC(=O)C[N+]1(C)CCc2c(c(OC)c3c(c2C(=O)C=Cc2ccc(OC)cc2)OCO3)C1. The van der Waals surface area contributed by atoms with E-state index in [-0.39, 0.29) is 25.1 Å². The first-order valence-corrected chi connectivity index (χ1v) is 10.7. The van der Waals surface area contributed by atoms with Gasteiger partial charge in [0, 0.05) is 6.42 Å². The van der Waals surface area contributed by atoms with Crippen molar-refractivity contribution in [1.29, 1.82) is 0 Å². The van der Waals surface area contributed by atoms with E-state index in [0.717, 1.165) is 22.4 Å². The first-order valence-electron chi connectivity index (χ1n) is 10.7. The fourth-order valence-corrected chi connectivity index (χ4v) is 4.44. The number of likely N-dealkylation sites (N-methyl/N-ethyl adjacent to an activating group) is 1. The molecular formula is C25H28NO7+. The summed E-state index contributed by atoms with van der Waals surface area (Å²) in [6.07, 6.45) is 3.90. The number of allylic oxidation sites excluding steroid dienone is 1. The van der Waals surface area contributed by atoms with E-state index in [1.165, 1.54) is 7.11 Å². The van der Waals surface area contributed by atoms with Crippen molar-refractivity contribution in [3.63, 3.8) is 0 Å². The minimum atomic E-state index is -0.278. The number of ether oxygens (including phenoxy) is 5. The first kappa shape index (κ1) is 22.7. The number of fused-ring (bicyclic) bond motifs is 2. The summed E-state index contributed by atoms with van der Waals surface area (Å²) in [6.45, 7) is 1.43. The van der Waals surface area contributed by atoms with Crippen molar-refractivity contribution in [2.24, 2.45) is 0 Å². The number of methoxy groups -OCH3 is 3. The Morgan fingerprint density at radius 1 is 1.03 bits per heavy atom. The summed E-state index contributed by atoms with van der Waals surface area (Å²) in [5.41, 5.74) is 3.11. The molecule has 33 heavy (non-hydrogen) atoms. The highest BCUT2D eigenvalue weighted by Gasteiger charge is 2.40. The third kappa shape index (κ3) is 4.39. The standard InChI is InChI=1S/C25H28NO7/c1-26(14-21(28)30-3)12-11-18-19(13-26)23(31-4)25-24(32-15-33-25)22(18)20(27)10-7-16-5-8-17(29-2)9-6-16/h5-10H,11-15H2,1-4H3/q+1. The molecule has 1 unspecified atom stereocenters. The van der Waals surface area contributed by atoms with Gasteiger partial charge in [-0.15, -0.1) is 0 Å². The van der Waals surface area contributed by atoms with Gasteiger partial charge in [-0.1, -0.05) is 18.2 Å². The lowest BCUT2D eigenvalue weighted by Gasteiger charge is -2.38. The molecule has 2 aromatic carbocycles. The molecule has 2 aliphatic rings. The van der Waals surface area contributed by atoms with Gasteiger partial charge < -0.3 is 28.2 Å². The van der Waals surface area contributed by atoms with Crippen LogP contribution in [0.5, 0.6) is 23.0 Å². The Morgan fingerprint density at radius 2 is 1.76 bits per heavy atom. The van der Waals surface area contributed by atoms with Gasteiger partial charge in [0.25, 0.3) is 0 Å². The minimum absolute atomic E-state index is 0.0192. The molecule has 8 nitrogen and oxygen atoms in total. The zero-order chi connectivity index (χ0) is 23.6. The van der Waals surface area contributed by atoms with Crippen molar-refractivity contribution < 1.29 is 37.8 Å². The van der Waals surface area contributed by atoms with E-state index < -0.39 is 0 Å². The Labute approximate surface area is 192 Å². The van der Waals surface area contributed by atoms with E-state index >= 15 is 0 Å². The number of benzene rings is 2. The third-order valence-electron chi connectivity index (χ3n) is 6.16. The predicted molar refractivity (Wildman–Crippen MR) is 121 cm³/mol. The monoisotopic (exact) mass is 454 g/mol. The van der Waals surface area contributed by atoms with Gasteiger partial charge in [0.2, 0.25) is 12.5 Å². The molecule has 0 bridgehead atoms. The Kier molecular flexibility index (Phi) is 6.29. The lowest BCUT2D eigenvalue weighted by atomic mass is 9.89. The normalized spacial score (nSPS) is 18.7. The highest BCUT2D eigenvalue weighted by atomic mass is 16.7. The van der Waals surface area contributed by atoms with E-state index in [1.54, 1.807) is 26.4 Å². The molecular weight excluding hydrogens is 426 g/mol. The van der Waals surface area contributed by atoms with E-state index in [2.05, 4.69) is 0 Å². The average Bonchev–Trinajstić information content (AvgIpc) is 3.30. The van der Waals surface area contributed by atoms with Crippen LogP contribution < -0.4 is 18.9 Å². The number of carbonyl (C=O) groups excluding carboxylic acids is 2. The second-order valence-corrected chi connectivity index (χ2v) is 8.39. The molecule has 2 aromatic rings. The molecule has 0 fully saturated rings. The number of quaternary nitrogens is 1. The highest BCUT2D eigenvalue weighted by molar-refractivity contribution is 6.11. The molecule has 0 amide bonds. The van der Waals surface area contributed by atoms with Crippen LogP contribution in [0.2, 0.25) is 0 Å². The average molecular weight is 454 g/mol. The Morgan fingerprint density at radius 3 is 2.42 bits per heavy atom. The van der Waals surface area contributed by atoms with Gasteiger partial charge in [-0.05, 0) is 29.3 Å². The van der Waals surface area contributed by atoms with Crippen LogP contribution in [0, 0.1) is 0 Å². The summed E-state index contributed by atoms with van der Waals surface area (Å²) in [5, 5.41) is 0. The summed E-state index contributed by atoms with van der Waals surface area (Å²) >= 11 is 0. The van der Waals surface area contributed by atoms with Gasteiger partial charge in [0.15, 0.2) is 23.8 Å². The lowest BCUT2D eigenvalue weighted by molar-refractivity contribution is -0.917. The fourth-order valence-electron chi connectivity index (χ4n) is 4.44. The summed E-state index contributed by atoms with van der Waals surface area (Å²) in [7, 11) is 6.56. The molecule has 0 spiro atoms. The molecule has 0 saturated heterocycles. The predicted octanol–water partition coefficient (Wildman–Crippen LogP) is 3.00. The Bertz CT molecular complexity index is 1110. The van der Waals surface area contributed by atoms with E-state index in [0.29, 0.717) is 46.8 Å². The molecule has 0 aromatic heterocycles. The van der Waals surface area contributed by atoms with Crippen LogP contribution in [0.1, 0.15) is 27.0 Å². The Hall–Kier alpha value is -3.52. The van der Waals surface area contributed by atoms with Gasteiger partial charge in [-0.2, -0.15) is 0 Å². The largest absolute Gasteiger partial charge is 0.497 e. The van der Waals surface area contributed by atoms with E-state index in [1.807, 2.05) is 31.3 Å². The van der Waals surface area contributed by atoms with E-state index in [4.69, 9.17) is 23.7 Å². The molecule has 174 valence electrons. The number of hydrogen-bond acceptors (Lipinski definition) is 7. The Balaban J connectivity index is 1.73. The maximum absolute atomic E-state index is 13.4.